The van der Waals surface area contributed by atoms with E-state index >= 15 is 0 Å². The summed E-state index contributed by atoms with van der Waals surface area (Å²) in [4.78, 5) is 10.6. The second-order valence-electron chi connectivity index (χ2n) is 4.18. The maximum atomic E-state index is 13.3. The minimum Gasteiger partial charge on any atom is -0.477 e. The first-order chi connectivity index (χ1) is 9.69. The third-order valence-corrected chi connectivity index (χ3v) is 6.07. The van der Waals surface area contributed by atoms with Crippen molar-refractivity contribution in [2.24, 2.45) is 0 Å². The zero-order valence-electron chi connectivity index (χ0n) is 10.6. The Morgan fingerprint density at radius 2 is 2.00 bits per heavy atom. The van der Waals surface area contributed by atoms with Crippen LogP contribution >= 0.6 is 27.3 Å². The van der Waals surface area contributed by atoms with Crippen LogP contribution in [0.25, 0.3) is 0 Å². The highest BCUT2D eigenvalue weighted by Gasteiger charge is 2.23. The summed E-state index contributed by atoms with van der Waals surface area (Å²) in [7, 11) is -4.01. The average molecular weight is 394 g/mol. The molecule has 0 saturated carbocycles. The lowest BCUT2D eigenvalue weighted by Gasteiger charge is -2.08. The van der Waals surface area contributed by atoms with Crippen LogP contribution in [-0.4, -0.2) is 19.5 Å². The van der Waals surface area contributed by atoms with Crippen LogP contribution in [0.2, 0.25) is 0 Å². The molecule has 2 aromatic rings. The largest absolute Gasteiger partial charge is 0.477 e. The summed E-state index contributed by atoms with van der Waals surface area (Å²) in [6.07, 6.45) is 0. The predicted octanol–water partition coefficient (Wildman–Crippen LogP) is 3.46. The van der Waals surface area contributed by atoms with Gasteiger partial charge in [0.05, 0.1) is 9.47 Å². The molecule has 9 heteroatoms. The molecule has 0 aliphatic carbocycles. The Morgan fingerprint density at radius 1 is 1.33 bits per heavy atom. The molecule has 0 spiro atoms. The van der Waals surface area contributed by atoms with Crippen molar-refractivity contribution in [1.29, 1.82) is 0 Å². The summed E-state index contributed by atoms with van der Waals surface area (Å²) in [5.74, 6) is -1.79. The Bertz CT molecular complexity index is 796. The first-order valence-electron chi connectivity index (χ1n) is 5.51. The molecule has 2 rings (SSSR count). The maximum Gasteiger partial charge on any atom is 0.345 e. The summed E-state index contributed by atoms with van der Waals surface area (Å²) in [6, 6.07) is 4.83. The zero-order valence-corrected chi connectivity index (χ0v) is 13.8. The molecule has 0 radical (unpaired) electrons. The fourth-order valence-corrected chi connectivity index (χ4v) is 5.09. The Labute approximate surface area is 132 Å². The van der Waals surface area contributed by atoms with Gasteiger partial charge in [-0.1, -0.05) is 0 Å². The van der Waals surface area contributed by atoms with E-state index in [0.29, 0.717) is 5.56 Å². The average Bonchev–Trinajstić information content (AvgIpc) is 2.70. The molecule has 1 aromatic heterocycles. The molecule has 21 heavy (non-hydrogen) atoms. The highest BCUT2D eigenvalue weighted by molar-refractivity contribution is 9.11. The number of thiophene rings is 1. The van der Waals surface area contributed by atoms with E-state index in [4.69, 9.17) is 5.11 Å². The second-order valence-corrected chi connectivity index (χ2v) is 8.20. The van der Waals surface area contributed by atoms with Crippen LogP contribution in [0.4, 0.5) is 10.1 Å². The van der Waals surface area contributed by atoms with E-state index in [9.17, 15) is 17.6 Å². The number of carbonyl (C=O) groups is 1. The standard InChI is InChI=1S/C12H9BrFNO4S2/c1-6-2-7(14)4-8(3-6)15-21(18,19)10-5-9(12(16)17)20-11(10)13/h2-5,15H,1H3,(H,16,17). The van der Waals surface area contributed by atoms with Gasteiger partial charge < -0.3 is 5.11 Å². The lowest BCUT2D eigenvalue weighted by molar-refractivity contribution is 0.0702. The lowest BCUT2D eigenvalue weighted by atomic mass is 10.2. The number of carboxylic acids is 1. The molecule has 0 aliphatic heterocycles. The number of hydrogen-bond acceptors (Lipinski definition) is 4. The normalized spacial score (nSPS) is 11.4. The fraction of sp³-hybridized carbons (Fsp3) is 0.0833. The van der Waals surface area contributed by atoms with Gasteiger partial charge in [-0.25, -0.2) is 17.6 Å². The van der Waals surface area contributed by atoms with E-state index in [1.54, 1.807) is 6.92 Å². The van der Waals surface area contributed by atoms with Crippen molar-refractivity contribution in [3.8, 4) is 0 Å². The minimum absolute atomic E-state index is 0.0717. The molecule has 0 unspecified atom stereocenters. The van der Waals surface area contributed by atoms with Crippen molar-refractivity contribution in [3.63, 3.8) is 0 Å². The number of halogens is 2. The molecule has 1 aromatic carbocycles. The smallest absolute Gasteiger partial charge is 0.345 e. The molecule has 2 N–H and O–H groups in total. The molecule has 112 valence electrons. The zero-order chi connectivity index (χ0) is 15.8. The monoisotopic (exact) mass is 393 g/mol. The summed E-state index contributed by atoms with van der Waals surface area (Å²) < 4.78 is 40.1. The molecule has 1 heterocycles. The topological polar surface area (TPSA) is 83.5 Å². The number of benzene rings is 1. The molecule has 5 nitrogen and oxygen atoms in total. The summed E-state index contributed by atoms with van der Waals surface area (Å²) in [5.41, 5.74) is 0.630. The van der Waals surface area contributed by atoms with Crippen LogP contribution in [0.1, 0.15) is 15.2 Å². The highest BCUT2D eigenvalue weighted by Crippen LogP contribution is 2.33. The van der Waals surface area contributed by atoms with Crippen LogP contribution in [0, 0.1) is 12.7 Å². The van der Waals surface area contributed by atoms with Gasteiger partial charge in [-0.05, 0) is 52.7 Å². The highest BCUT2D eigenvalue weighted by atomic mass is 79.9. The van der Waals surface area contributed by atoms with Crippen molar-refractivity contribution in [3.05, 3.63) is 44.3 Å². The molecule has 0 amide bonds. The van der Waals surface area contributed by atoms with Gasteiger partial charge in [-0.2, -0.15) is 0 Å². The van der Waals surface area contributed by atoms with Gasteiger partial charge in [0.15, 0.2) is 0 Å². The van der Waals surface area contributed by atoms with Gasteiger partial charge in [0.1, 0.15) is 15.6 Å². The third-order valence-electron chi connectivity index (χ3n) is 2.45. The Hall–Kier alpha value is -1.45. The Kier molecular flexibility index (Phi) is 4.35. The maximum absolute atomic E-state index is 13.3. The number of aryl methyl sites for hydroxylation is 1. The summed E-state index contributed by atoms with van der Waals surface area (Å²) >= 11 is 3.82. The number of carboxylic acid groups (broad SMARTS) is 1. The second kappa shape index (κ2) is 5.74. The number of hydrogen-bond donors (Lipinski definition) is 2. The van der Waals surface area contributed by atoms with Crippen LogP contribution in [0.3, 0.4) is 0 Å². The molecule has 0 fully saturated rings. The van der Waals surface area contributed by atoms with Crippen LogP contribution in [0.15, 0.2) is 32.9 Å². The number of rotatable bonds is 4. The van der Waals surface area contributed by atoms with E-state index < -0.39 is 21.8 Å². The van der Waals surface area contributed by atoms with Gasteiger partial charge >= 0.3 is 5.97 Å². The Morgan fingerprint density at radius 3 is 2.52 bits per heavy atom. The van der Waals surface area contributed by atoms with Gasteiger partial charge in [-0.3, -0.25) is 4.72 Å². The predicted molar refractivity (Wildman–Crippen MR) is 80.9 cm³/mol. The molecule has 0 atom stereocenters. The van der Waals surface area contributed by atoms with Crippen molar-refractivity contribution in [2.75, 3.05) is 4.72 Å². The number of anilines is 1. The molecule has 0 saturated heterocycles. The van der Waals surface area contributed by atoms with E-state index in [2.05, 4.69) is 20.7 Å². The van der Waals surface area contributed by atoms with Crippen LogP contribution in [-0.2, 0) is 10.0 Å². The van der Waals surface area contributed by atoms with Crippen molar-refractivity contribution < 1.29 is 22.7 Å². The fourth-order valence-electron chi connectivity index (χ4n) is 1.65. The van der Waals surface area contributed by atoms with Crippen molar-refractivity contribution >= 4 is 48.9 Å². The van der Waals surface area contributed by atoms with Gasteiger partial charge in [0.2, 0.25) is 0 Å². The summed E-state index contributed by atoms with van der Waals surface area (Å²) in [5, 5.41) is 8.88. The van der Waals surface area contributed by atoms with Crippen LogP contribution < -0.4 is 4.72 Å². The number of aromatic carboxylic acids is 1. The van der Waals surface area contributed by atoms with E-state index in [-0.39, 0.29) is 19.2 Å². The van der Waals surface area contributed by atoms with Crippen molar-refractivity contribution in [1.82, 2.24) is 0 Å². The molecular formula is C12H9BrFNO4S2. The molecule has 0 bridgehead atoms. The third kappa shape index (κ3) is 3.60. The number of sulfonamides is 1. The van der Waals surface area contributed by atoms with E-state index in [1.807, 2.05) is 0 Å². The lowest BCUT2D eigenvalue weighted by Crippen LogP contribution is -2.13. The molecule has 0 aliphatic rings. The van der Waals surface area contributed by atoms with Crippen LogP contribution in [0.5, 0.6) is 0 Å². The van der Waals surface area contributed by atoms with Gasteiger partial charge in [0.25, 0.3) is 10.0 Å². The molecular weight excluding hydrogens is 385 g/mol. The number of nitrogens with one attached hydrogen (secondary N) is 1. The Balaban J connectivity index is 2.40. The van der Waals surface area contributed by atoms with E-state index in [0.717, 1.165) is 23.5 Å². The van der Waals surface area contributed by atoms with Gasteiger partial charge in [0, 0.05) is 0 Å². The first kappa shape index (κ1) is 15.9. The minimum atomic E-state index is -4.01. The quantitative estimate of drug-likeness (QED) is 0.832. The van der Waals surface area contributed by atoms with Crippen molar-refractivity contribution in [2.45, 2.75) is 11.8 Å². The van der Waals surface area contributed by atoms with Gasteiger partial charge in [-0.15, -0.1) is 11.3 Å². The SMILES string of the molecule is Cc1cc(F)cc(NS(=O)(=O)c2cc(C(=O)O)sc2Br)c1. The summed E-state index contributed by atoms with van der Waals surface area (Å²) in [6.45, 7) is 1.63. The first-order valence-corrected chi connectivity index (χ1v) is 8.61. The van der Waals surface area contributed by atoms with E-state index in [1.165, 1.54) is 12.1 Å².